The molecule has 0 spiro atoms. The average molecular weight is 406 g/mol. The Kier molecular flexibility index (Phi) is 5.19. The van der Waals surface area contributed by atoms with E-state index in [1.165, 1.54) is 54.7 Å². The first-order valence-corrected chi connectivity index (χ1v) is 10.0. The number of aromatic nitrogens is 2. The van der Waals surface area contributed by atoms with Crippen LogP contribution in [0.1, 0.15) is 20.9 Å². The Bertz CT molecular complexity index is 1100. The largest absolute Gasteiger partial charge is 0.296 e. The predicted molar refractivity (Wildman–Crippen MR) is 101 cm³/mol. The SMILES string of the molecule is Cc1nnc(NC(=O)c2ccc(NS(=O)(=O)c3ccc(F)c(C)c3)cc2)s1. The number of aryl methyl sites for hydroxylation is 2. The van der Waals surface area contributed by atoms with Gasteiger partial charge in [0.05, 0.1) is 4.90 Å². The minimum Gasteiger partial charge on any atom is -0.296 e. The van der Waals surface area contributed by atoms with E-state index in [2.05, 4.69) is 20.2 Å². The van der Waals surface area contributed by atoms with Crippen LogP contribution < -0.4 is 10.0 Å². The number of sulfonamides is 1. The molecule has 27 heavy (non-hydrogen) atoms. The zero-order valence-corrected chi connectivity index (χ0v) is 16.0. The van der Waals surface area contributed by atoms with Gasteiger partial charge in [0.1, 0.15) is 10.8 Å². The second-order valence-corrected chi connectivity index (χ2v) is 8.54. The van der Waals surface area contributed by atoms with Crippen LogP contribution in [0.25, 0.3) is 0 Å². The van der Waals surface area contributed by atoms with E-state index < -0.39 is 15.8 Å². The molecule has 3 aromatic rings. The van der Waals surface area contributed by atoms with E-state index >= 15 is 0 Å². The number of nitrogens with zero attached hydrogens (tertiary/aromatic N) is 2. The third-order valence-corrected chi connectivity index (χ3v) is 5.72. The maximum atomic E-state index is 13.3. The smallest absolute Gasteiger partial charge is 0.261 e. The standard InChI is InChI=1S/C17H15FN4O3S2/c1-10-9-14(7-8-15(10)18)27(24,25)22-13-5-3-12(4-6-13)16(23)19-17-21-20-11(2)26-17/h3-9,22H,1-2H3,(H,19,21,23). The molecule has 1 heterocycles. The van der Waals surface area contributed by atoms with Crippen molar-refractivity contribution in [2.24, 2.45) is 0 Å². The zero-order valence-electron chi connectivity index (χ0n) is 14.4. The van der Waals surface area contributed by atoms with Gasteiger partial charge in [-0.25, -0.2) is 12.8 Å². The molecule has 7 nitrogen and oxygen atoms in total. The number of hydrogen-bond donors (Lipinski definition) is 2. The fourth-order valence-corrected chi connectivity index (χ4v) is 3.93. The number of hydrogen-bond acceptors (Lipinski definition) is 6. The minimum absolute atomic E-state index is 0.0464. The molecule has 0 aliphatic heterocycles. The van der Waals surface area contributed by atoms with Gasteiger partial charge in [-0.15, -0.1) is 10.2 Å². The Morgan fingerprint density at radius 3 is 2.37 bits per heavy atom. The molecule has 1 aromatic heterocycles. The highest BCUT2D eigenvalue weighted by molar-refractivity contribution is 7.92. The highest BCUT2D eigenvalue weighted by Crippen LogP contribution is 2.20. The summed E-state index contributed by atoms with van der Waals surface area (Å²) in [6.07, 6.45) is 0. The summed E-state index contributed by atoms with van der Waals surface area (Å²) in [5.41, 5.74) is 0.848. The van der Waals surface area contributed by atoms with Crippen LogP contribution in [0, 0.1) is 19.7 Å². The van der Waals surface area contributed by atoms with Gasteiger partial charge in [0.2, 0.25) is 5.13 Å². The number of nitrogens with one attached hydrogen (secondary N) is 2. The third-order valence-electron chi connectivity index (χ3n) is 3.59. The van der Waals surface area contributed by atoms with E-state index in [4.69, 9.17) is 0 Å². The van der Waals surface area contributed by atoms with Gasteiger partial charge in [-0.1, -0.05) is 11.3 Å². The molecule has 0 saturated carbocycles. The van der Waals surface area contributed by atoms with E-state index in [9.17, 15) is 17.6 Å². The van der Waals surface area contributed by atoms with Gasteiger partial charge in [-0.2, -0.15) is 0 Å². The van der Waals surface area contributed by atoms with Crippen LogP contribution in [-0.2, 0) is 10.0 Å². The molecule has 1 amide bonds. The van der Waals surface area contributed by atoms with E-state index in [0.717, 1.165) is 11.1 Å². The normalized spacial score (nSPS) is 11.2. The highest BCUT2D eigenvalue weighted by atomic mass is 32.2. The van der Waals surface area contributed by atoms with Crippen molar-refractivity contribution in [3.63, 3.8) is 0 Å². The second kappa shape index (κ2) is 7.41. The van der Waals surface area contributed by atoms with Gasteiger partial charge in [0, 0.05) is 11.3 Å². The number of rotatable bonds is 5. The monoisotopic (exact) mass is 406 g/mol. The third kappa shape index (κ3) is 4.47. The molecule has 3 rings (SSSR count). The Morgan fingerprint density at radius 2 is 1.78 bits per heavy atom. The topological polar surface area (TPSA) is 101 Å². The van der Waals surface area contributed by atoms with Crippen LogP contribution in [-0.4, -0.2) is 24.5 Å². The first-order valence-electron chi connectivity index (χ1n) is 7.75. The molecule has 0 unspecified atom stereocenters. The molecule has 140 valence electrons. The van der Waals surface area contributed by atoms with Crippen LogP contribution in [0.4, 0.5) is 15.2 Å². The molecule has 0 radical (unpaired) electrons. The van der Waals surface area contributed by atoms with E-state index in [-0.39, 0.29) is 22.1 Å². The summed E-state index contributed by atoms with van der Waals surface area (Å²) in [4.78, 5) is 12.1. The predicted octanol–water partition coefficient (Wildman–Crippen LogP) is 3.35. The van der Waals surface area contributed by atoms with Crippen LogP contribution >= 0.6 is 11.3 Å². The molecule has 0 aliphatic rings. The van der Waals surface area contributed by atoms with Crippen LogP contribution in [0.15, 0.2) is 47.4 Å². The number of carbonyl (C=O) groups is 1. The summed E-state index contributed by atoms with van der Waals surface area (Å²) in [6, 6.07) is 9.45. The molecule has 0 atom stereocenters. The molecule has 10 heteroatoms. The molecular formula is C17H15FN4O3S2. The number of carbonyl (C=O) groups excluding carboxylic acids is 1. The molecule has 0 aliphatic carbocycles. The molecule has 0 bridgehead atoms. The van der Waals surface area contributed by atoms with Crippen LogP contribution in [0.2, 0.25) is 0 Å². The van der Waals surface area contributed by atoms with Crippen molar-refractivity contribution in [1.82, 2.24) is 10.2 Å². The summed E-state index contributed by atoms with van der Waals surface area (Å²) in [5, 5.41) is 11.4. The summed E-state index contributed by atoms with van der Waals surface area (Å²) in [7, 11) is -3.87. The fourth-order valence-electron chi connectivity index (χ4n) is 2.20. The molecule has 0 fully saturated rings. The zero-order chi connectivity index (χ0) is 19.6. The Hall–Kier alpha value is -2.85. The first-order chi connectivity index (χ1) is 12.7. The minimum atomic E-state index is -3.87. The summed E-state index contributed by atoms with van der Waals surface area (Å²) in [6.45, 7) is 3.26. The summed E-state index contributed by atoms with van der Waals surface area (Å²) in [5.74, 6) is -0.857. The quantitative estimate of drug-likeness (QED) is 0.677. The first kappa shape index (κ1) is 18.9. The van der Waals surface area contributed by atoms with Gasteiger partial charge in [0.25, 0.3) is 15.9 Å². The second-order valence-electron chi connectivity index (χ2n) is 5.67. The summed E-state index contributed by atoms with van der Waals surface area (Å²) < 4.78 is 40.5. The fraction of sp³-hybridized carbons (Fsp3) is 0.118. The lowest BCUT2D eigenvalue weighted by atomic mass is 10.2. The summed E-state index contributed by atoms with van der Waals surface area (Å²) >= 11 is 1.25. The lowest BCUT2D eigenvalue weighted by Crippen LogP contribution is -2.14. The van der Waals surface area contributed by atoms with E-state index in [1.54, 1.807) is 6.92 Å². The molecule has 2 aromatic carbocycles. The molecular weight excluding hydrogens is 391 g/mol. The van der Waals surface area contributed by atoms with E-state index in [0.29, 0.717) is 10.7 Å². The van der Waals surface area contributed by atoms with Crippen molar-refractivity contribution in [2.75, 3.05) is 10.0 Å². The average Bonchev–Trinajstić information content (AvgIpc) is 3.02. The van der Waals surface area contributed by atoms with Crippen molar-refractivity contribution in [1.29, 1.82) is 0 Å². The van der Waals surface area contributed by atoms with Crippen molar-refractivity contribution in [3.05, 3.63) is 64.4 Å². The van der Waals surface area contributed by atoms with Gasteiger partial charge in [0.15, 0.2) is 0 Å². The number of amides is 1. The van der Waals surface area contributed by atoms with E-state index in [1.807, 2.05) is 0 Å². The number of halogens is 1. The Morgan fingerprint density at radius 1 is 1.07 bits per heavy atom. The van der Waals surface area contributed by atoms with Crippen molar-refractivity contribution >= 4 is 38.1 Å². The maximum Gasteiger partial charge on any atom is 0.261 e. The Labute approximate surface area is 159 Å². The van der Waals surface area contributed by atoms with Crippen molar-refractivity contribution in [2.45, 2.75) is 18.7 Å². The maximum absolute atomic E-state index is 13.3. The molecule has 0 saturated heterocycles. The van der Waals surface area contributed by atoms with Gasteiger partial charge in [-0.05, 0) is 61.9 Å². The van der Waals surface area contributed by atoms with Gasteiger partial charge >= 0.3 is 0 Å². The lowest BCUT2D eigenvalue weighted by Gasteiger charge is -2.09. The number of anilines is 2. The highest BCUT2D eigenvalue weighted by Gasteiger charge is 2.16. The van der Waals surface area contributed by atoms with Crippen molar-refractivity contribution < 1.29 is 17.6 Å². The van der Waals surface area contributed by atoms with Gasteiger partial charge < -0.3 is 0 Å². The Balaban J connectivity index is 1.73. The number of benzene rings is 2. The van der Waals surface area contributed by atoms with Crippen molar-refractivity contribution in [3.8, 4) is 0 Å². The molecule has 2 N–H and O–H groups in total. The van der Waals surface area contributed by atoms with Crippen LogP contribution in [0.3, 0.4) is 0 Å². The van der Waals surface area contributed by atoms with Gasteiger partial charge in [-0.3, -0.25) is 14.8 Å². The lowest BCUT2D eigenvalue weighted by molar-refractivity contribution is 0.102. The van der Waals surface area contributed by atoms with Crippen LogP contribution in [0.5, 0.6) is 0 Å².